The Bertz CT molecular complexity index is 1150. The number of rotatable bonds is 6. The molecule has 160 valence electrons. The number of esters is 1. The van der Waals surface area contributed by atoms with E-state index in [4.69, 9.17) is 16.3 Å². The summed E-state index contributed by atoms with van der Waals surface area (Å²) in [4.78, 5) is 17.4. The fourth-order valence-corrected chi connectivity index (χ4v) is 4.36. The van der Waals surface area contributed by atoms with E-state index in [1.807, 2.05) is 19.1 Å². The number of hydrogen-bond donors (Lipinski definition) is 1. The molecule has 0 amide bonds. The molecule has 0 saturated heterocycles. The van der Waals surface area contributed by atoms with Crippen LogP contribution >= 0.6 is 23.4 Å². The van der Waals surface area contributed by atoms with Gasteiger partial charge in [0, 0.05) is 16.5 Å². The summed E-state index contributed by atoms with van der Waals surface area (Å²) in [5.74, 6) is 0.421. The van der Waals surface area contributed by atoms with E-state index in [0.717, 1.165) is 11.1 Å². The minimum Gasteiger partial charge on any atom is -0.463 e. The smallest absolute Gasteiger partial charge is 0.338 e. The first-order chi connectivity index (χ1) is 15.0. The largest absolute Gasteiger partial charge is 0.463 e. The number of allylic oxidation sites excluding steroid dienone is 1. The van der Waals surface area contributed by atoms with Crippen LogP contribution in [0.3, 0.4) is 0 Å². The lowest BCUT2D eigenvalue weighted by atomic mass is 9.96. The fraction of sp³-hybridized carbons (Fsp3) is 0.227. The first kappa shape index (κ1) is 21.4. The Balaban J connectivity index is 1.69. The van der Waals surface area contributed by atoms with Gasteiger partial charge >= 0.3 is 5.97 Å². The predicted octanol–water partition coefficient (Wildman–Crippen LogP) is 5.21. The summed E-state index contributed by atoms with van der Waals surface area (Å²) in [6, 6.07) is 13.1. The minimum absolute atomic E-state index is 0.265. The summed E-state index contributed by atoms with van der Waals surface area (Å²) >= 11 is 7.65. The molecule has 0 radical (unpaired) electrons. The summed E-state index contributed by atoms with van der Waals surface area (Å²) < 4.78 is 20.1. The van der Waals surface area contributed by atoms with Crippen LogP contribution in [0, 0.1) is 5.82 Å². The van der Waals surface area contributed by atoms with Gasteiger partial charge in [-0.15, -0.1) is 5.10 Å². The zero-order chi connectivity index (χ0) is 22.0. The first-order valence-corrected chi connectivity index (χ1v) is 11.1. The topological polar surface area (TPSA) is 69.0 Å². The molecule has 6 nitrogen and oxygen atoms in total. The predicted molar refractivity (Wildman–Crippen MR) is 119 cm³/mol. The van der Waals surface area contributed by atoms with Crippen molar-refractivity contribution in [3.63, 3.8) is 0 Å². The van der Waals surface area contributed by atoms with Crippen molar-refractivity contribution in [2.24, 2.45) is 0 Å². The summed E-state index contributed by atoms with van der Waals surface area (Å²) in [6.45, 7) is 3.84. The lowest BCUT2D eigenvalue weighted by Gasteiger charge is -2.28. The molecule has 0 bridgehead atoms. The van der Waals surface area contributed by atoms with Gasteiger partial charge in [0.1, 0.15) is 11.9 Å². The Labute approximate surface area is 188 Å². The number of carbonyl (C=O) groups is 1. The van der Waals surface area contributed by atoms with Crippen LogP contribution in [-0.2, 0) is 15.3 Å². The second-order valence-electron chi connectivity index (χ2n) is 6.92. The van der Waals surface area contributed by atoms with Crippen molar-refractivity contribution in [1.29, 1.82) is 0 Å². The van der Waals surface area contributed by atoms with Crippen molar-refractivity contribution >= 4 is 35.3 Å². The van der Waals surface area contributed by atoms with Crippen LogP contribution in [0.2, 0.25) is 5.02 Å². The Kier molecular flexibility index (Phi) is 6.29. The summed E-state index contributed by atoms with van der Waals surface area (Å²) in [5.41, 5.74) is 2.87. The maximum atomic E-state index is 13.1. The van der Waals surface area contributed by atoms with E-state index in [0.29, 0.717) is 33.2 Å². The molecule has 1 aromatic heterocycles. The maximum absolute atomic E-state index is 13.1. The van der Waals surface area contributed by atoms with Crippen molar-refractivity contribution in [3.8, 4) is 0 Å². The van der Waals surface area contributed by atoms with Crippen molar-refractivity contribution in [3.05, 3.63) is 81.8 Å². The Morgan fingerprint density at radius 2 is 2.06 bits per heavy atom. The average molecular weight is 459 g/mol. The normalized spacial score (nSPS) is 15.4. The molecule has 2 aromatic carbocycles. The van der Waals surface area contributed by atoms with Crippen molar-refractivity contribution < 1.29 is 13.9 Å². The molecule has 3 aromatic rings. The van der Waals surface area contributed by atoms with Crippen molar-refractivity contribution in [2.75, 3.05) is 11.9 Å². The molecule has 0 unspecified atom stereocenters. The minimum atomic E-state index is -0.526. The van der Waals surface area contributed by atoms with Crippen molar-refractivity contribution in [1.82, 2.24) is 14.8 Å². The Morgan fingerprint density at radius 1 is 1.29 bits per heavy atom. The van der Waals surface area contributed by atoms with E-state index >= 15 is 0 Å². The third-order valence-corrected chi connectivity index (χ3v) is 5.92. The highest BCUT2D eigenvalue weighted by Crippen LogP contribution is 2.37. The number of anilines is 1. The molecule has 1 N–H and O–H groups in total. The van der Waals surface area contributed by atoms with Crippen molar-refractivity contribution in [2.45, 2.75) is 30.8 Å². The summed E-state index contributed by atoms with van der Waals surface area (Å²) in [7, 11) is 0. The standard InChI is InChI=1S/C22H20ClFN4O2S/c1-3-30-20(29)18-13(2)25-21-26-22(31-12-14-7-9-17(24)10-8-14)27-28(21)19(18)15-5-4-6-16(23)11-15/h4-11,19H,3,12H2,1-2H3,(H,25,26,27)/t19-/m1/s1. The lowest BCUT2D eigenvalue weighted by Crippen LogP contribution is -2.29. The van der Waals surface area contributed by atoms with Crippen LogP contribution in [-0.4, -0.2) is 27.3 Å². The molecule has 0 aliphatic carbocycles. The van der Waals surface area contributed by atoms with Crippen LogP contribution in [0.4, 0.5) is 10.3 Å². The number of nitrogens with zero attached hydrogens (tertiary/aromatic N) is 3. The SMILES string of the molecule is CCOC(=O)C1=C(C)Nc2nc(SCc3ccc(F)cc3)nn2[C@@H]1c1cccc(Cl)c1. The molecule has 31 heavy (non-hydrogen) atoms. The molecule has 1 aliphatic heterocycles. The highest BCUT2D eigenvalue weighted by molar-refractivity contribution is 7.98. The molecule has 9 heteroatoms. The zero-order valence-electron chi connectivity index (χ0n) is 16.9. The van der Waals surface area contributed by atoms with Gasteiger partial charge in [-0.2, -0.15) is 4.98 Å². The molecule has 4 rings (SSSR count). The van der Waals surface area contributed by atoms with Crippen LogP contribution in [0.1, 0.15) is 31.0 Å². The van der Waals surface area contributed by atoms with Crippen LogP contribution < -0.4 is 5.32 Å². The van der Waals surface area contributed by atoms with Crippen LogP contribution in [0.5, 0.6) is 0 Å². The number of thioether (sulfide) groups is 1. The molecular weight excluding hydrogens is 439 g/mol. The van der Waals surface area contributed by atoms with Gasteiger partial charge in [0.15, 0.2) is 0 Å². The average Bonchev–Trinajstić information content (AvgIpc) is 3.14. The summed E-state index contributed by atoms with van der Waals surface area (Å²) in [5, 5.41) is 8.91. The maximum Gasteiger partial charge on any atom is 0.338 e. The molecule has 1 atom stereocenters. The number of aromatic nitrogens is 3. The molecular formula is C22H20ClFN4O2S. The van der Waals surface area contributed by atoms with Gasteiger partial charge in [-0.1, -0.05) is 47.6 Å². The third kappa shape index (κ3) is 4.60. The van der Waals surface area contributed by atoms with Crippen LogP contribution in [0.25, 0.3) is 0 Å². The second kappa shape index (κ2) is 9.11. The Morgan fingerprint density at radius 3 is 2.77 bits per heavy atom. The van der Waals surface area contributed by atoms with Gasteiger partial charge in [0.2, 0.25) is 11.1 Å². The van der Waals surface area contributed by atoms with E-state index in [9.17, 15) is 9.18 Å². The molecule has 1 aliphatic rings. The van der Waals surface area contributed by atoms with Gasteiger partial charge in [-0.25, -0.2) is 13.9 Å². The third-order valence-electron chi connectivity index (χ3n) is 4.77. The number of nitrogens with one attached hydrogen (secondary N) is 1. The highest BCUT2D eigenvalue weighted by Gasteiger charge is 2.35. The van der Waals surface area contributed by atoms with Gasteiger partial charge < -0.3 is 10.1 Å². The second-order valence-corrected chi connectivity index (χ2v) is 8.30. The van der Waals surface area contributed by atoms with Gasteiger partial charge in [-0.05, 0) is 49.2 Å². The monoisotopic (exact) mass is 458 g/mol. The molecule has 0 spiro atoms. The quantitative estimate of drug-likeness (QED) is 0.403. The van der Waals surface area contributed by atoms with Gasteiger partial charge in [-0.3, -0.25) is 0 Å². The first-order valence-electron chi connectivity index (χ1n) is 9.70. The van der Waals surface area contributed by atoms with Gasteiger partial charge in [0.25, 0.3) is 0 Å². The number of fused-ring (bicyclic) bond motifs is 1. The molecule has 2 heterocycles. The number of hydrogen-bond acceptors (Lipinski definition) is 6. The van der Waals surface area contributed by atoms with Crippen LogP contribution in [0.15, 0.2) is 65.0 Å². The number of carbonyl (C=O) groups excluding carboxylic acids is 1. The van der Waals surface area contributed by atoms with E-state index < -0.39 is 12.0 Å². The highest BCUT2D eigenvalue weighted by atomic mass is 35.5. The zero-order valence-corrected chi connectivity index (χ0v) is 18.5. The lowest BCUT2D eigenvalue weighted by molar-refractivity contribution is -0.139. The number of ether oxygens (including phenoxy) is 1. The molecule has 0 fully saturated rings. The van der Waals surface area contributed by atoms with E-state index in [2.05, 4.69) is 15.4 Å². The van der Waals surface area contributed by atoms with Gasteiger partial charge in [0.05, 0.1) is 12.2 Å². The van der Waals surface area contributed by atoms with E-state index in [1.165, 1.54) is 23.9 Å². The molecule has 0 saturated carbocycles. The fourth-order valence-electron chi connectivity index (χ4n) is 3.38. The Hall–Kier alpha value is -2.84. The van der Waals surface area contributed by atoms with E-state index in [-0.39, 0.29) is 12.4 Å². The number of halogens is 2. The summed E-state index contributed by atoms with van der Waals surface area (Å²) in [6.07, 6.45) is 0. The van der Waals surface area contributed by atoms with E-state index in [1.54, 1.807) is 35.9 Å². The number of benzene rings is 2.